The molecule has 0 unspecified atom stereocenters. The van der Waals surface area contributed by atoms with Gasteiger partial charge in [0.15, 0.2) is 29.3 Å². The van der Waals surface area contributed by atoms with E-state index in [9.17, 15) is 9.18 Å². The van der Waals surface area contributed by atoms with Gasteiger partial charge >= 0.3 is 0 Å². The van der Waals surface area contributed by atoms with E-state index in [4.69, 9.17) is 26.2 Å². The Bertz CT molecular complexity index is 1800. The summed E-state index contributed by atoms with van der Waals surface area (Å²) in [5.74, 6) is 0.568. The molecule has 0 saturated heterocycles. The average Bonchev–Trinajstić information content (AvgIpc) is 3.41. The first-order valence-corrected chi connectivity index (χ1v) is 13.8. The van der Waals surface area contributed by atoms with Crippen LogP contribution in [0.2, 0.25) is 5.02 Å². The largest absolute Gasteiger partial charge is 0.493 e. The second-order valence-corrected chi connectivity index (χ2v) is 10.2. The van der Waals surface area contributed by atoms with Crippen LogP contribution in [0.4, 0.5) is 15.8 Å². The summed E-state index contributed by atoms with van der Waals surface area (Å²) in [6.45, 7) is 1.48. The average molecular weight is 580 g/mol. The number of fused-ring (bicyclic) bond motifs is 1. The molecule has 1 aliphatic rings. The lowest BCUT2D eigenvalue weighted by Crippen LogP contribution is -2.38. The molecule has 0 aromatic heterocycles. The lowest BCUT2D eigenvalue weighted by atomic mass is 10.0. The Morgan fingerprint density at radius 3 is 2.38 bits per heavy atom. The molecule has 1 heterocycles. The Balaban J connectivity index is 1.57. The first kappa shape index (κ1) is 27.3. The molecule has 5 aromatic carbocycles. The van der Waals surface area contributed by atoms with Crippen molar-refractivity contribution in [2.45, 2.75) is 19.7 Å². The SMILES string of the molecule is COc1cccc([C@@H]2N(c3ccc(Cl)cc3)N=C(C(C)=O)N2c2cccc3ccccc23)c1OCc1ccccc1F. The number of halogens is 2. The molecule has 0 amide bonds. The topological polar surface area (TPSA) is 54.4 Å². The third-order valence-electron chi connectivity index (χ3n) is 7.18. The van der Waals surface area contributed by atoms with Gasteiger partial charge in [0.25, 0.3) is 0 Å². The van der Waals surface area contributed by atoms with Crippen LogP contribution in [0.1, 0.15) is 24.2 Å². The van der Waals surface area contributed by atoms with Crippen LogP contribution < -0.4 is 19.4 Å². The standard InChI is InChI=1S/C34H27ClFN3O3/c1-22(40)33-37-39(26-19-17-25(35)18-20-26)34(38(33)30-15-7-11-23-9-3-5-12-27(23)30)28-13-8-16-31(41-2)32(28)42-21-24-10-4-6-14-29(24)36/h3-20,34H,21H2,1-2H3/t34-/m0/s1. The van der Waals surface area contributed by atoms with Crippen LogP contribution >= 0.6 is 11.6 Å². The molecule has 0 saturated carbocycles. The molecule has 6 nitrogen and oxygen atoms in total. The molecule has 0 N–H and O–H groups in total. The molecule has 1 aliphatic heterocycles. The van der Waals surface area contributed by atoms with Gasteiger partial charge in [-0.3, -0.25) is 9.69 Å². The Hall–Kier alpha value is -4.88. The van der Waals surface area contributed by atoms with Crippen molar-refractivity contribution in [3.63, 3.8) is 0 Å². The monoisotopic (exact) mass is 579 g/mol. The quantitative estimate of drug-likeness (QED) is 0.186. The third-order valence-corrected chi connectivity index (χ3v) is 7.43. The molecule has 0 spiro atoms. The lowest BCUT2D eigenvalue weighted by Gasteiger charge is -2.34. The second-order valence-electron chi connectivity index (χ2n) is 9.80. The molecule has 0 radical (unpaired) electrons. The molecular formula is C34H27ClFN3O3. The molecule has 0 aliphatic carbocycles. The zero-order valence-corrected chi connectivity index (χ0v) is 23.8. The number of hydrazone groups is 1. The molecule has 1 atom stereocenters. The predicted molar refractivity (Wildman–Crippen MR) is 165 cm³/mol. The van der Waals surface area contributed by atoms with E-state index < -0.39 is 6.17 Å². The normalized spacial score (nSPS) is 14.7. The highest BCUT2D eigenvalue weighted by molar-refractivity contribution is 6.44. The molecular weight excluding hydrogens is 553 g/mol. The number of ketones is 1. The first-order chi connectivity index (χ1) is 20.5. The van der Waals surface area contributed by atoms with Gasteiger partial charge < -0.3 is 9.47 Å². The zero-order chi connectivity index (χ0) is 29.2. The van der Waals surface area contributed by atoms with Gasteiger partial charge in [-0.15, -0.1) is 5.10 Å². The molecule has 0 bridgehead atoms. The third kappa shape index (κ3) is 5.03. The number of methoxy groups -OCH3 is 1. The highest BCUT2D eigenvalue weighted by Crippen LogP contribution is 2.46. The van der Waals surface area contributed by atoms with Gasteiger partial charge in [0, 0.05) is 28.5 Å². The number of carbonyl (C=O) groups excluding carboxylic acids is 1. The summed E-state index contributed by atoms with van der Waals surface area (Å²) in [6.07, 6.45) is -0.665. The highest BCUT2D eigenvalue weighted by Gasteiger charge is 2.41. The van der Waals surface area contributed by atoms with Crippen LogP contribution in [0.15, 0.2) is 114 Å². The minimum absolute atomic E-state index is 0.0254. The highest BCUT2D eigenvalue weighted by atomic mass is 35.5. The summed E-state index contributed by atoms with van der Waals surface area (Å²) in [5, 5.41) is 9.19. The maximum absolute atomic E-state index is 14.6. The Morgan fingerprint density at radius 2 is 1.62 bits per heavy atom. The van der Waals surface area contributed by atoms with E-state index in [2.05, 4.69) is 0 Å². The number of Topliss-reactive ketones (excluding diaryl/α,β-unsaturated/α-hetero) is 1. The van der Waals surface area contributed by atoms with E-state index in [1.54, 1.807) is 48.5 Å². The number of anilines is 2. The van der Waals surface area contributed by atoms with Crippen LogP contribution in [-0.2, 0) is 11.4 Å². The van der Waals surface area contributed by atoms with Gasteiger partial charge in [-0.25, -0.2) is 9.40 Å². The van der Waals surface area contributed by atoms with Gasteiger partial charge in [-0.1, -0.05) is 78.3 Å². The molecule has 6 rings (SSSR count). The fraction of sp³-hybridized carbons (Fsp3) is 0.118. The fourth-order valence-corrected chi connectivity index (χ4v) is 5.34. The summed E-state index contributed by atoms with van der Waals surface area (Å²) < 4.78 is 26.6. The molecule has 42 heavy (non-hydrogen) atoms. The van der Waals surface area contributed by atoms with Crippen LogP contribution in [0.5, 0.6) is 11.5 Å². The van der Waals surface area contributed by atoms with Crippen molar-refractivity contribution in [2.75, 3.05) is 17.0 Å². The number of benzene rings is 5. The zero-order valence-electron chi connectivity index (χ0n) is 23.0. The molecule has 210 valence electrons. The van der Waals surface area contributed by atoms with E-state index in [1.807, 2.05) is 71.6 Å². The molecule has 0 fully saturated rings. The van der Waals surface area contributed by atoms with Crippen LogP contribution in [0.25, 0.3) is 10.8 Å². The van der Waals surface area contributed by atoms with E-state index >= 15 is 0 Å². The summed E-state index contributed by atoms with van der Waals surface area (Å²) >= 11 is 6.23. The van der Waals surface area contributed by atoms with Gasteiger partial charge in [0.05, 0.1) is 18.5 Å². The van der Waals surface area contributed by atoms with Gasteiger partial charge in [-0.2, -0.15) is 0 Å². The number of rotatable bonds is 8. The maximum atomic E-state index is 14.6. The Morgan fingerprint density at radius 1 is 0.905 bits per heavy atom. The smallest absolute Gasteiger partial charge is 0.198 e. The molecule has 5 aromatic rings. The number of nitrogens with zero attached hydrogens (tertiary/aromatic N) is 3. The van der Waals surface area contributed by atoms with Crippen molar-refractivity contribution >= 4 is 45.4 Å². The van der Waals surface area contributed by atoms with E-state index in [-0.39, 0.29) is 24.0 Å². The predicted octanol–water partition coefficient (Wildman–Crippen LogP) is 8.15. The van der Waals surface area contributed by atoms with Crippen LogP contribution in [0, 0.1) is 5.82 Å². The van der Waals surface area contributed by atoms with Crippen molar-refractivity contribution in [1.29, 1.82) is 0 Å². The lowest BCUT2D eigenvalue weighted by molar-refractivity contribution is -0.111. The van der Waals surface area contributed by atoms with Crippen LogP contribution in [0.3, 0.4) is 0 Å². The van der Waals surface area contributed by atoms with Crippen LogP contribution in [-0.4, -0.2) is 18.7 Å². The van der Waals surface area contributed by atoms with Crippen molar-refractivity contribution in [2.24, 2.45) is 5.10 Å². The van der Waals surface area contributed by atoms with Crippen molar-refractivity contribution in [1.82, 2.24) is 0 Å². The van der Waals surface area contributed by atoms with Gasteiger partial charge in [0.2, 0.25) is 0 Å². The minimum Gasteiger partial charge on any atom is -0.493 e. The number of para-hydroxylation sites is 1. The number of ether oxygens (including phenoxy) is 2. The first-order valence-electron chi connectivity index (χ1n) is 13.4. The number of hydrogen-bond donors (Lipinski definition) is 0. The number of amidine groups is 1. The summed E-state index contributed by atoms with van der Waals surface area (Å²) in [7, 11) is 1.56. The Kier molecular flexibility index (Phi) is 7.50. The van der Waals surface area contributed by atoms with Crippen molar-refractivity contribution in [3.05, 3.63) is 131 Å². The van der Waals surface area contributed by atoms with Gasteiger partial charge in [0.1, 0.15) is 12.4 Å². The van der Waals surface area contributed by atoms with Crippen molar-refractivity contribution < 1.29 is 18.7 Å². The number of hydrogen-bond acceptors (Lipinski definition) is 6. The fourth-order valence-electron chi connectivity index (χ4n) is 5.21. The van der Waals surface area contributed by atoms with E-state index in [1.165, 1.54) is 13.0 Å². The van der Waals surface area contributed by atoms with Crippen molar-refractivity contribution in [3.8, 4) is 11.5 Å². The Labute approximate surface area is 248 Å². The summed E-state index contributed by atoms with van der Waals surface area (Å²) in [5.41, 5.74) is 2.59. The second kappa shape index (κ2) is 11.5. The van der Waals surface area contributed by atoms with Gasteiger partial charge in [-0.05, 0) is 47.9 Å². The van der Waals surface area contributed by atoms with E-state index in [0.717, 1.165) is 16.5 Å². The summed E-state index contributed by atoms with van der Waals surface area (Å²) in [4.78, 5) is 15.1. The summed E-state index contributed by atoms with van der Waals surface area (Å²) in [6, 6.07) is 33.2. The molecule has 8 heteroatoms. The number of carbonyl (C=O) groups is 1. The van der Waals surface area contributed by atoms with E-state index in [0.29, 0.717) is 33.3 Å². The maximum Gasteiger partial charge on any atom is 0.198 e. The minimum atomic E-state index is -0.665.